The Hall–Kier alpha value is -2.15. The van der Waals surface area contributed by atoms with Crippen LogP contribution >= 0.6 is 24.8 Å². The molecule has 0 aliphatic carbocycles. The Kier molecular flexibility index (Phi) is 6.81. The van der Waals surface area contributed by atoms with Crippen molar-refractivity contribution in [3.8, 4) is 11.4 Å². The number of halogens is 3. The van der Waals surface area contributed by atoms with Crippen molar-refractivity contribution in [2.75, 3.05) is 18.4 Å². The Morgan fingerprint density at radius 2 is 1.89 bits per heavy atom. The van der Waals surface area contributed by atoms with E-state index in [1.165, 1.54) is 12.1 Å². The minimum atomic E-state index is -0.277. The van der Waals surface area contributed by atoms with Crippen molar-refractivity contribution in [2.45, 2.75) is 6.92 Å². The van der Waals surface area contributed by atoms with Crippen LogP contribution in [0.15, 0.2) is 42.5 Å². The van der Waals surface area contributed by atoms with Gasteiger partial charge in [-0.15, -0.1) is 24.8 Å². The molecule has 0 bridgehead atoms. The molecule has 1 unspecified atom stereocenters. The van der Waals surface area contributed by atoms with E-state index in [4.69, 9.17) is 0 Å². The topological polar surface area (TPSA) is 69.8 Å². The third kappa shape index (κ3) is 4.40. The number of H-pyrrole nitrogens is 1. The highest BCUT2D eigenvalue weighted by molar-refractivity contribution is 5.95. The summed E-state index contributed by atoms with van der Waals surface area (Å²) < 4.78 is 13.1. The van der Waals surface area contributed by atoms with Gasteiger partial charge >= 0.3 is 0 Å². The summed E-state index contributed by atoms with van der Waals surface area (Å²) in [5.41, 5.74) is 3.18. The summed E-state index contributed by atoms with van der Waals surface area (Å²) >= 11 is 0. The Bertz CT molecular complexity index is 925. The molecule has 2 heterocycles. The van der Waals surface area contributed by atoms with Crippen molar-refractivity contribution >= 4 is 47.4 Å². The molecule has 1 fully saturated rings. The number of rotatable bonds is 4. The number of benzene rings is 2. The average Bonchev–Trinajstić information content (AvgIpc) is 2.97. The minimum Gasteiger partial charge on any atom is -0.338 e. The van der Waals surface area contributed by atoms with Crippen LogP contribution in [0, 0.1) is 17.7 Å². The molecule has 0 radical (unpaired) electrons. The monoisotopic (exact) mass is 410 g/mol. The van der Waals surface area contributed by atoms with Crippen molar-refractivity contribution < 1.29 is 9.18 Å². The van der Waals surface area contributed by atoms with E-state index in [0.717, 1.165) is 35.4 Å². The van der Waals surface area contributed by atoms with Crippen molar-refractivity contribution in [1.82, 2.24) is 15.3 Å². The summed E-state index contributed by atoms with van der Waals surface area (Å²) in [6.45, 7) is 3.76. The van der Waals surface area contributed by atoms with Crippen LogP contribution in [0.4, 0.5) is 10.1 Å². The summed E-state index contributed by atoms with van der Waals surface area (Å²) in [6, 6.07) is 11.8. The predicted molar refractivity (Wildman–Crippen MR) is 110 cm³/mol. The van der Waals surface area contributed by atoms with E-state index >= 15 is 0 Å². The van der Waals surface area contributed by atoms with Crippen LogP contribution in [0.25, 0.3) is 22.4 Å². The molecule has 2 aromatic carbocycles. The molecule has 5 nitrogen and oxygen atoms in total. The van der Waals surface area contributed by atoms with Crippen LogP contribution in [-0.4, -0.2) is 29.0 Å². The molecular weight excluding hydrogens is 390 g/mol. The number of imidazole rings is 1. The SMILES string of the molecule is CC(C(=O)Nc1ccc2nc(-c3ccc(F)cc3)[nH]c2c1)C1CNC1.Cl.Cl. The van der Waals surface area contributed by atoms with Gasteiger partial charge in [-0.1, -0.05) is 6.92 Å². The summed E-state index contributed by atoms with van der Waals surface area (Å²) in [7, 11) is 0. The summed E-state index contributed by atoms with van der Waals surface area (Å²) in [4.78, 5) is 20.1. The van der Waals surface area contributed by atoms with E-state index in [-0.39, 0.29) is 42.5 Å². The number of carbonyl (C=O) groups is 1. The molecule has 3 N–H and O–H groups in total. The summed E-state index contributed by atoms with van der Waals surface area (Å²) in [5.74, 6) is 0.812. The van der Waals surface area contributed by atoms with E-state index in [1.54, 1.807) is 12.1 Å². The first-order chi connectivity index (χ1) is 12.1. The van der Waals surface area contributed by atoms with Gasteiger partial charge in [0.25, 0.3) is 0 Å². The highest BCUT2D eigenvalue weighted by Gasteiger charge is 2.28. The fraction of sp³-hybridized carbons (Fsp3) is 0.263. The van der Waals surface area contributed by atoms with Gasteiger partial charge in [0.1, 0.15) is 11.6 Å². The van der Waals surface area contributed by atoms with E-state index in [1.807, 2.05) is 25.1 Å². The highest BCUT2D eigenvalue weighted by atomic mass is 35.5. The standard InChI is InChI=1S/C19H19FN4O.2ClH/c1-11(13-9-21-10-13)19(25)22-15-6-7-16-17(8-15)24-18(23-16)12-2-4-14(20)5-3-12;;/h2-8,11,13,21H,9-10H2,1H3,(H,22,25)(H,23,24);2*1H. The zero-order chi connectivity index (χ0) is 17.4. The van der Waals surface area contributed by atoms with Gasteiger partial charge in [-0.3, -0.25) is 4.79 Å². The minimum absolute atomic E-state index is 0. The fourth-order valence-electron chi connectivity index (χ4n) is 2.97. The number of aromatic amines is 1. The molecule has 3 aromatic rings. The lowest BCUT2D eigenvalue weighted by molar-refractivity contribution is -0.121. The van der Waals surface area contributed by atoms with Gasteiger partial charge < -0.3 is 15.6 Å². The highest BCUT2D eigenvalue weighted by Crippen LogP contribution is 2.24. The van der Waals surface area contributed by atoms with Crippen LogP contribution in [-0.2, 0) is 4.79 Å². The number of nitrogens with one attached hydrogen (secondary N) is 3. The van der Waals surface area contributed by atoms with Crippen molar-refractivity contribution in [3.63, 3.8) is 0 Å². The van der Waals surface area contributed by atoms with Crippen LogP contribution in [0.1, 0.15) is 6.92 Å². The van der Waals surface area contributed by atoms with Gasteiger partial charge in [-0.05, 0) is 61.5 Å². The van der Waals surface area contributed by atoms with Crippen molar-refractivity contribution in [3.05, 3.63) is 48.3 Å². The maximum absolute atomic E-state index is 13.1. The predicted octanol–water partition coefficient (Wildman–Crippen LogP) is 4.01. The van der Waals surface area contributed by atoms with Gasteiger partial charge in [0.15, 0.2) is 0 Å². The molecule has 0 spiro atoms. The number of carbonyl (C=O) groups excluding carboxylic acids is 1. The summed E-state index contributed by atoms with van der Waals surface area (Å²) in [5, 5.41) is 6.17. The maximum Gasteiger partial charge on any atom is 0.227 e. The largest absolute Gasteiger partial charge is 0.338 e. The molecule has 0 saturated carbocycles. The Balaban J connectivity index is 0.00000131. The summed E-state index contributed by atoms with van der Waals surface area (Å²) in [6.07, 6.45) is 0. The molecule has 1 atom stereocenters. The average molecular weight is 411 g/mol. The zero-order valence-electron chi connectivity index (χ0n) is 14.7. The number of fused-ring (bicyclic) bond motifs is 1. The van der Waals surface area contributed by atoms with Crippen LogP contribution < -0.4 is 10.6 Å². The lowest BCUT2D eigenvalue weighted by atomic mass is 9.88. The molecule has 1 amide bonds. The number of anilines is 1. The van der Waals surface area contributed by atoms with Crippen molar-refractivity contribution in [2.24, 2.45) is 11.8 Å². The van der Waals surface area contributed by atoms with E-state index < -0.39 is 0 Å². The number of amides is 1. The second-order valence-electron chi connectivity index (χ2n) is 6.52. The first kappa shape index (κ1) is 21.2. The molecule has 27 heavy (non-hydrogen) atoms. The van der Waals surface area contributed by atoms with E-state index in [0.29, 0.717) is 11.7 Å². The third-order valence-electron chi connectivity index (χ3n) is 4.80. The van der Waals surface area contributed by atoms with Crippen LogP contribution in [0.5, 0.6) is 0 Å². The third-order valence-corrected chi connectivity index (χ3v) is 4.80. The quantitative estimate of drug-likeness (QED) is 0.608. The second kappa shape index (κ2) is 8.69. The molecule has 1 aromatic heterocycles. The Labute approximate surface area is 169 Å². The molecular formula is C19H21Cl2FN4O. The lowest BCUT2D eigenvalue weighted by Crippen LogP contribution is -2.48. The van der Waals surface area contributed by atoms with Gasteiger partial charge in [-0.25, -0.2) is 9.37 Å². The van der Waals surface area contributed by atoms with Gasteiger partial charge in [0.05, 0.1) is 11.0 Å². The fourth-order valence-corrected chi connectivity index (χ4v) is 2.97. The Morgan fingerprint density at radius 1 is 1.19 bits per heavy atom. The first-order valence-corrected chi connectivity index (χ1v) is 8.37. The Morgan fingerprint density at radius 3 is 2.52 bits per heavy atom. The molecule has 8 heteroatoms. The second-order valence-corrected chi connectivity index (χ2v) is 6.52. The molecule has 1 saturated heterocycles. The van der Waals surface area contributed by atoms with Crippen molar-refractivity contribution in [1.29, 1.82) is 0 Å². The van der Waals surface area contributed by atoms with E-state index in [2.05, 4.69) is 20.6 Å². The smallest absolute Gasteiger partial charge is 0.227 e. The number of nitrogens with zero attached hydrogens (tertiary/aromatic N) is 1. The number of hydrogen-bond donors (Lipinski definition) is 3. The van der Waals surface area contributed by atoms with Gasteiger partial charge in [0, 0.05) is 17.2 Å². The molecule has 1 aliphatic rings. The molecule has 144 valence electrons. The number of aromatic nitrogens is 2. The lowest BCUT2D eigenvalue weighted by Gasteiger charge is -2.31. The molecule has 4 rings (SSSR count). The number of hydrogen-bond acceptors (Lipinski definition) is 3. The normalized spacial score (nSPS) is 14.6. The van der Waals surface area contributed by atoms with Gasteiger partial charge in [0.2, 0.25) is 5.91 Å². The first-order valence-electron chi connectivity index (χ1n) is 8.37. The molecule has 1 aliphatic heterocycles. The maximum atomic E-state index is 13.1. The van der Waals surface area contributed by atoms with E-state index in [9.17, 15) is 9.18 Å². The van der Waals surface area contributed by atoms with Gasteiger partial charge in [-0.2, -0.15) is 0 Å². The van der Waals surface area contributed by atoms with Crippen LogP contribution in [0.3, 0.4) is 0 Å². The van der Waals surface area contributed by atoms with Crippen LogP contribution in [0.2, 0.25) is 0 Å². The zero-order valence-corrected chi connectivity index (χ0v) is 16.3.